The number of carbonyl (C=O) groups is 1. The molecule has 0 radical (unpaired) electrons. The van der Waals surface area contributed by atoms with Gasteiger partial charge < -0.3 is 10.1 Å². The number of rotatable bonds is 10. The fourth-order valence-corrected chi connectivity index (χ4v) is 1.96. The van der Waals surface area contributed by atoms with Gasteiger partial charge in [-0.05, 0) is 30.5 Å². The molecule has 1 N–H and O–H groups in total. The van der Waals surface area contributed by atoms with E-state index in [2.05, 4.69) is 12.2 Å². The minimum absolute atomic E-state index is 0.0187. The Morgan fingerprint density at radius 3 is 2.60 bits per heavy atom. The standard InChI is InChI=1S/C16H24ClNO2/c1-2-3-4-5-12-20-15-8-6-14(7-9-15)10-11-18-16(19)13-17/h6-9H,2-5,10-13H2,1H3,(H,18,19). The van der Waals surface area contributed by atoms with Crippen LogP contribution in [0.1, 0.15) is 38.2 Å². The summed E-state index contributed by atoms with van der Waals surface area (Å²) < 4.78 is 5.68. The van der Waals surface area contributed by atoms with E-state index in [9.17, 15) is 4.79 Å². The van der Waals surface area contributed by atoms with Crippen molar-refractivity contribution in [1.29, 1.82) is 0 Å². The minimum atomic E-state index is -0.126. The molecule has 20 heavy (non-hydrogen) atoms. The molecule has 1 aromatic rings. The van der Waals surface area contributed by atoms with Crippen LogP contribution in [-0.2, 0) is 11.2 Å². The van der Waals surface area contributed by atoms with Gasteiger partial charge in [0.2, 0.25) is 5.91 Å². The first-order chi connectivity index (χ1) is 9.76. The smallest absolute Gasteiger partial charge is 0.234 e. The molecule has 0 fully saturated rings. The monoisotopic (exact) mass is 297 g/mol. The van der Waals surface area contributed by atoms with Crippen LogP contribution in [0.4, 0.5) is 0 Å². The summed E-state index contributed by atoms with van der Waals surface area (Å²) in [5, 5.41) is 2.75. The number of carbonyl (C=O) groups excluding carboxylic acids is 1. The molecule has 3 nitrogen and oxygen atoms in total. The van der Waals surface area contributed by atoms with Crippen LogP contribution in [0.3, 0.4) is 0 Å². The minimum Gasteiger partial charge on any atom is -0.494 e. The van der Waals surface area contributed by atoms with E-state index in [1.165, 1.54) is 24.8 Å². The molecule has 1 amide bonds. The molecule has 0 unspecified atom stereocenters. The first-order valence-corrected chi connectivity index (χ1v) is 7.84. The summed E-state index contributed by atoms with van der Waals surface area (Å²) in [5.41, 5.74) is 1.18. The highest BCUT2D eigenvalue weighted by atomic mass is 35.5. The Hall–Kier alpha value is -1.22. The summed E-state index contributed by atoms with van der Waals surface area (Å²) in [4.78, 5) is 11.0. The molecule has 112 valence electrons. The molecule has 4 heteroatoms. The van der Waals surface area contributed by atoms with Gasteiger partial charge in [-0.15, -0.1) is 11.6 Å². The molecular weight excluding hydrogens is 274 g/mol. The van der Waals surface area contributed by atoms with Crippen LogP contribution in [0, 0.1) is 0 Å². The third-order valence-corrected chi connectivity index (χ3v) is 3.29. The Morgan fingerprint density at radius 1 is 1.20 bits per heavy atom. The van der Waals surface area contributed by atoms with Crippen LogP contribution >= 0.6 is 11.6 Å². The van der Waals surface area contributed by atoms with Crippen LogP contribution in [0.2, 0.25) is 0 Å². The van der Waals surface area contributed by atoms with Gasteiger partial charge in [0.1, 0.15) is 11.6 Å². The highest BCUT2D eigenvalue weighted by Crippen LogP contribution is 2.13. The lowest BCUT2D eigenvalue weighted by atomic mass is 10.1. The summed E-state index contributed by atoms with van der Waals surface area (Å²) in [6.45, 7) is 3.60. The van der Waals surface area contributed by atoms with Crippen molar-refractivity contribution in [3.63, 3.8) is 0 Å². The van der Waals surface area contributed by atoms with E-state index in [1.807, 2.05) is 24.3 Å². The lowest BCUT2D eigenvalue weighted by Gasteiger charge is -2.07. The number of halogens is 1. The second kappa shape index (κ2) is 10.6. The third-order valence-electron chi connectivity index (χ3n) is 3.05. The van der Waals surface area contributed by atoms with E-state index < -0.39 is 0 Å². The van der Waals surface area contributed by atoms with Crippen molar-refractivity contribution < 1.29 is 9.53 Å². The van der Waals surface area contributed by atoms with Crippen molar-refractivity contribution in [1.82, 2.24) is 5.32 Å². The second-order valence-electron chi connectivity index (χ2n) is 4.79. The number of hydrogen-bond acceptors (Lipinski definition) is 2. The predicted molar refractivity (Wildman–Crippen MR) is 83.5 cm³/mol. The van der Waals surface area contributed by atoms with E-state index in [0.717, 1.165) is 25.2 Å². The topological polar surface area (TPSA) is 38.3 Å². The molecule has 0 spiro atoms. The molecule has 0 saturated carbocycles. The lowest BCUT2D eigenvalue weighted by molar-refractivity contribution is -0.118. The Balaban J connectivity index is 2.21. The molecule has 0 heterocycles. The van der Waals surface area contributed by atoms with Gasteiger partial charge in [0.05, 0.1) is 6.61 Å². The summed E-state index contributed by atoms with van der Waals surface area (Å²) in [5.74, 6) is 0.805. The number of unbranched alkanes of at least 4 members (excludes halogenated alkanes) is 3. The average molecular weight is 298 g/mol. The van der Waals surface area contributed by atoms with Gasteiger partial charge in [-0.3, -0.25) is 4.79 Å². The largest absolute Gasteiger partial charge is 0.494 e. The Morgan fingerprint density at radius 2 is 1.95 bits per heavy atom. The van der Waals surface area contributed by atoms with Crippen LogP contribution in [0.25, 0.3) is 0 Å². The van der Waals surface area contributed by atoms with Crippen LogP contribution in [0.5, 0.6) is 5.75 Å². The maximum atomic E-state index is 11.0. The van der Waals surface area contributed by atoms with Gasteiger partial charge >= 0.3 is 0 Å². The highest BCUT2D eigenvalue weighted by Gasteiger charge is 1.99. The van der Waals surface area contributed by atoms with Crippen molar-refractivity contribution in [2.45, 2.75) is 39.0 Å². The van der Waals surface area contributed by atoms with Gasteiger partial charge in [-0.25, -0.2) is 0 Å². The van der Waals surface area contributed by atoms with Crippen molar-refractivity contribution >= 4 is 17.5 Å². The first-order valence-electron chi connectivity index (χ1n) is 7.30. The molecule has 0 aliphatic carbocycles. The molecule has 0 saturated heterocycles. The molecule has 0 atom stereocenters. The highest BCUT2D eigenvalue weighted by molar-refractivity contribution is 6.27. The van der Waals surface area contributed by atoms with Gasteiger partial charge in [0, 0.05) is 6.54 Å². The fourth-order valence-electron chi connectivity index (χ4n) is 1.86. The number of amides is 1. The van der Waals surface area contributed by atoms with Gasteiger partial charge in [-0.2, -0.15) is 0 Å². The van der Waals surface area contributed by atoms with Crippen molar-refractivity contribution in [3.05, 3.63) is 29.8 Å². The van der Waals surface area contributed by atoms with E-state index in [0.29, 0.717) is 6.54 Å². The molecule has 0 bridgehead atoms. The van der Waals surface area contributed by atoms with Gasteiger partial charge in [0.25, 0.3) is 0 Å². The Bertz CT molecular complexity index is 379. The number of benzene rings is 1. The predicted octanol–water partition coefficient (Wildman–Crippen LogP) is 3.54. The van der Waals surface area contributed by atoms with E-state index >= 15 is 0 Å². The third kappa shape index (κ3) is 7.39. The molecule has 0 aliphatic heterocycles. The van der Waals surface area contributed by atoms with Gasteiger partial charge in [-0.1, -0.05) is 38.3 Å². The Labute approximate surface area is 126 Å². The molecular formula is C16H24ClNO2. The van der Waals surface area contributed by atoms with Crippen molar-refractivity contribution in [2.75, 3.05) is 19.0 Å². The summed E-state index contributed by atoms with van der Waals surface area (Å²) in [7, 11) is 0. The van der Waals surface area contributed by atoms with Crippen molar-refractivity contribution in [3.8, 4) is 5.75 Å². The second-order valence-corrected chi connectivity index (χ2v) is 5.05. The van der Waals surface area contributed by atoms with Crippen LogP contribution < -0.4 is 10.1 Å². The lowest BCUT2D eigenvalue weighted by Crippen LogP contribution is -2.26. The number of alkyl halides is 1. The average Bonchev–Trinajstić information content (AvgIpc) is 2.48. The van der Waals surface area contributed by atoms with Gasteiger partial charge in [0.15, 0.2) is 0 Å². The summed E-state index contributed by atoms with van der Waals surface area (Å²) in [6.07, 6.45) is 5.67. The summed E-state index contributed by atoms with van der Waals surface area (Å²) in [6, 6.07) is 8.04. The van der Waals surface area contributed by atoms with Crippen molar-refractivity contribution in [2.24, 2.45) is 0 Å². The maximum absolute atomic E-state index is 11.0. The molecule has 1 aromatic carbocycles. The molecule has 0 aliphatic rings. The summed E-state index contributed by atoms with van der Waals surface area (Å²) >= 11 is 5.41. The van der Waals surface area contributed by atoms with Crippen LogP contribution in [0.15, 0.2) is 24.3 Å². The van der Waals surface area contributed by atoms with E-state index in [4.69, 9.17) is 16.3 Å². The molecule has 1 rings (SSSR count). The van der Waals surface area contributed by atoms with Crippen LogP contribution in [-0.4, -0.2) is 24.9 Å². The first kappa shape index (κ1) is 16.8. The molecule has 0 aromatic heterocycles. The maximum Gasteiger partial charge on any atom is 0.234 e. The zero-order valence-electron chi connectivity index (χ0n) is 12.2. The quantitative estimate of drug-likeness (QED) is 0.530. The SMILES string of the molecule is CCCCCCOc1ccc(CCNC(=O)CCl)cc1. The zero-order valence-corrected chi connectivity index (χ0v) is 12.9. The number of nitrogens with one attached hydrogen (secondary N) is 1. The van der Waals surface area contributed by atoms with E-state index in [-0.39, 0.29) is 11.8 Å². The van der Waals surface area contributed by atoms with E-state index in [1.54, 1.807) is 0 Å². The zero-order chi connectivity index (χ0) is 14.6. The Kier molecular flexibility index (Phi) is 8.88. The fraction of sp³-hybridized carbons (Fsp3) is 0.562. The number of ether oxygens (including phenoxy) is 1. The number of hydrogen-bond donors (Lipinski definition) is 1. The normalized spacial score (nSPS) is 10.3.